The van der Waals surface area contributed by atoms with Crippen LogP contribution in [0.1, 0.15) is 52.7 Å². The van der Waals surface area contributed by atoms with Gasteiger partial charge in [0.1, 0.15) is 5.82 Å². The number of para-hydroxylation sites is 2. The molecule has 3 aromatic heterocycles. The van der Waals surface area contributed by atoms with Crippen LogP contribution >= 0.6 is 23.2 Å². The number of carbonyl (C=O) groups excluding carboxylic acids is 1. The molecular weight excluding hydrogens is 483 g/mol. The zero-order valence-corrected chi connectivity index (χ0v) is 20.7. The van der Waals surface area contributed by atoms with Gasteiger partial charge < -0.3 is 10.3 Å². The fourth-order valence-corrected chi connectivity index (χ4v) is 5.30. The minimum absolute atomic E-state index is 0.202. The van der Waals surface area contributed by atoms with Crippen LogP contribution in [0.15, 0.2) is 55.0 Å². The number of fused-ring (bicyclic) bond motifs is 2. The number of amides is 1. The summed E-state index contributed by atoms with van der Waals surface area (Å²) in [6.45, 7) is 1.94. The minimum atomic E-state index is -0.295. The highest BCUT2D eigenvalue weighted by atomic mass is 35.5. The molecule has 3 heterocycles. The Balaban J connectivity index is 1.30. The lowest BCUT2D eigenvalue weighted by atomic mass is 9.90. The van der Waals surface area contributed by atoms with Gasteiger partial charge in [-0.3, -0.25) is 19.7 Å². The van der Waals surface area contributed by atoms with Crippen LogP contribution in [0.2, 0.25) is 10.0 Å². The first-order chi connectivity index (χ1) is 17.1. The highest BCUT2D eigenvalue weighted by Crippen LogP contribution is 2.33. The molecule has 2 N–H and O–H groups in total. The summed E-state index contributed by atoms with van der Waals surface area (Å²) in [6, 6.07) is 12.4. The number of pyridine rings is 2. The van der Waals surface area contributed by atoms with Crippen LogP contribution in [0.5, 0.6) is 0 Å². The second kappa shape index (κ2) is 10.7. The number of carbonyl (C=O) groups is 1. The predicted molar refractivity (Wildman–Crippen MR) is 138 cm³/mol. The number of halogens is 2. The van der Waals surface area contributed by atoms with Gasteiger partial charge >= 0.3 is 0 Å². The van der Waals surface area contributed by atoms with Crippen molar-refractivity contribution < 1.29 is 4.79 Å². The van der Waals surface area contributed by atoms with Crippen molar-refractivity contribution in [1.82, 2.24) is 30.2 Å². The summed E-state index contributed by atoms with van der Waals surface area (Å²) >= 11 is 12.3. The molecule has 0 aliphatic heterocycles. The molecule has 7 nitrogen and oxygen atoms in total. The largest absolute Gasteiger partial charge is 0.352 e. The number of nitrogens with zero attached hydrogens (tertiary/aromatic N) is 4. The predicted octanol–water partition coefficient (Wildman–Crippen LogP) is 5.36. The van der Waals surface area contributed by atoms with E-state index in [0.29, 0.717) is 13.1 Å². The first-order valence-electron chi connectivity index (χ1n) is 11.8. The maximum absolute atomic E-state index is 12.6. The summed E-state index contributed by atoms with van der Waals surface area (Å²) < 4.78 is 0. The number of aryl methyl sites for hydroxylation is 1. The molecule has 1 aromatic carbocycles. The van der Waals surface area contributed by atoms with Gasteiger partial charge in [0, 0.05) is 31.7 Å². The third kappa shape index (κ3) is 5.32. The van der Waals surface area contributed by atoms with Gasteiger partial charge in [0.2, 0.25) is 0 Å². The zero-order chi connectivity index (χ0) is 24.2. The molecule has 180 valence electrons. The van der Waals surface area contributed by atoms with E-state index < -0.39 is 0 Å². The number of hydrogen-bond acceptors (Lipinski definition) is 5. The van der Waals surface area contributed by atoms with E-state index in [0.717, 1.165) is 54.8 Å². The smallest absolute Gasteiger partial charge is 0.254 e. The topological polar surface area (TPSA) is 86.8 Å². The van der Waals surface area contributed by atoms with E-state index in [1.807, 2.05) is 36.5 Å². The van der Waals surface area contributed by atoms with Gasteiger partial charge in [0.25, 0.3) is 5.91 Å². The standard InChI is InChI=1S/C26H26Cl2N6O/c27-18-14-29-15-19(28)24(18)26(35)31-12-5-13-34(16-23-32-20-8-1-2-9-21(20)33-23)22-10-3-6-17-7-4-11-30-25(17)22/h1-2,4,7-9,11,14-15,22H,3,5-6,10,12-13,16H2,(H,31,35)(H,32,33). The van der Waals surface area contributed by atoms with Gasteiger partial charge in [-0.05, 0) is 49.4 Å². The van der Waals surface area contributed by atoms with Crippen molar-refractivity contribution in [1.29, 1.82) is 0 Å². The number of hydrogen-bond donors (Lipinski definition) is 2. The van der Waals surface area contributed by atoms with Crippen molar-refractivity contribution in [3.8, 4) is 0 Å². The second-order valence-corrected chi connectivity index (χ2v) is 9.53. The highest BCUT2D eigenvalue weighted by molar-refractivity contribution is 6.39. The number of imidazole rings is 1. The Hall–Kier alpha value is -3.00. The van der Waals surface area contributed by atoms with Crippen molar-refractivity contribution in [3.63, 3.8) is 0 Å². The van der Waals surface area contributed by atoms with Crippen molar-refractivity contribution in [3.05, 3.63) is 87.7 Å². The van der Waals surface area contributed by atoms with E-state index in [1.165, 1.54) is 18.0 Å². The average molecular weight is 509 g/mol. The Morgan fingerprint density at radius 1 is 1.14 bits per heavy atom. The van der Waals surface area contributed by atoms with Gasteiger partial charge in [-0.15, -0.1) is 0 Å². The molecular formula is C26H26Cl2N6O. The van der Waals surface area contributed by atoms with E-state index in [9.17, 15) is 4.79 Å². The molecule has 1 unspecified atom stereocenters. The monoisotopic (exact) mass is 508 g/mol. The Morgan fingerprint density at radius 2 is 1.97 bits per heavy atom. The number of aromatic nitrogens is 4. The molecule has 0 radical (unpaired) electrons. The lowest BCUT2D eigenvalue weighted by molar-refractivity contribution is 0.0948. The summed E-state index contributed by atoms with van der Waals surface area (Å²) in [6.07, 6.45) is 8.69. The number of nitrogens with one attached hydrogen (secondary N) is 2. The number of rotatable bonds is 8. The van der Waals surface area contributed by atoms with Crippen molar-refractivity contribution in [2.45, 2.75) is 38.3 Å². The molecule has 0 fully saturated rings. The second-order valence-electron chi connectivity index (χ2n) is 8.71. The molecule has 0 spiro atoms. The third-order valence-electron chi connectivity index (χ3n) is 6.39. The zero-order valence-electron chi connectivity index (χ0n) is 19.2. The molecule has 0 saturated carbocycles. The molecule has 1 aliphatic rings. The van der Waals surface area contributed by atoms with Crippen LogP contribution in [0, 0.1) is 0 Å². The maximum Gasteiger partial charge on any atom is 0.254 e. The molecule has 0 bridgehead atoms. The fraction of sp³-hybridized carbons (Fsp3) is 0.308. The van der Waals surface area contributed by atoms with E-state index in [-0.39, 0.29) is 27.6 Å². The molecule has 5 rings (SSSR count). The summed E-state index contributed by atoms with van der Waals surface area (Å²) in [5.74, 6) is 0.629. The lowest BCUT2D eigenvalue weighted by Gasteiger charge is -2.34. The average Bonchev–Trinajstić information content (AvgIpc) is 3.28. The van der Waals surface area contributed by atoms with E-state index in [4.69, 9.17) is 33.2 Å². The Bertz CT molecular complexity index is 1290. The van der Waals surface area contributed by atoms with Crippen LogP contribution in [-0.4, -0.2) is 43.8 Å². The lowest BCUT2D eigenvalue weighted by Crippen LogP contribution is -2.35. The first-order valence-corrected chi connectivity index (χ1v) is 12.5. The fourth-order valence-electron chi connectivity index (χ4n) is 4.76. The third-order valence-corrected chi connectivity index (χ3v) is 6.96. The van der Waals surface area contributed by atoms with Gasteiger partial charge in [0.15, 0.2) is 0 Å². The number of benzene rings is 1. The highest BCUT2D eigenvalue weighted by Gasteiger charge is 2.27. The molecule has 1 amide bonds. The van der Waals surface area contributed by atoms with Crippen LogP contribution in [0.25, 0.3) is 11.0 Å². The Kier molecular flexibility index (Phi) is 7.27. The minimum Gasteiger partial charge on any atom is -0.352 e. The van der Waals surface area contributed by atoms with Crippen molar-refractivity contribution >= 4 is 40.1 Å². The number of aromatic amines is 1. The first kappa shape index (κ1) is 23.7. The van der Waals surface area contributed by atoms with E-state index in [2.05, 4.69) is 26.3 Å². The number of H-pyrrole nitrogens is 1. The summed E-state index contributed by atoms with van der Waals surface area (Å²) in [5.41, 5.74) is 4.71. The SMILES string of the molecule is O=C(NCCCN(Cc1nc2ccccc2[nH]1)C1CCCc2cccnc21)c1c(Cl)cncc1Cl. The summed E-state index contributed by atoms with van der Waals surface area (Å²) in [5, 5.41) is 3.43. The molecule has 9 heteroatoms. The molecule has 4 aromatic rings. The van der Waals surface area contributed by atoms with Crippen LogP contribution in [0.4, 0.5) is 0 Å². The van der Waals surface area contributed by atoms with Crippen LogP contribution < -0.4 is 5.32 Å². The van der Waals surface area contributed by atoms with Gasteiger partial charge in [-0.2, -0.15) is 0 Å². The molecule has 0 saturated heterocycles. The van der Waals surface area contributed by atoms with Crippen LogP contribution in [-0.2, 0) is 13.0 Å². The van der Waals surface area contributed by atoms with Crippen molar-refractivity contribution in [2.75, 3.05) is 13.1 Å². The van der Waals surface area contributed by atoms with Gasteiger partial charge in [-0.25, -0.2) is 4.98 Å². The molecule has 1 aliphatic carbocycles. The molecule has 1 atom stereocenters. The van der Waals surface area contributed by atoms with E-state index >= 15 is 0 Å². The van der Waals surface area contributed by atoms with Crippen LogP contribution in [0.3, 0.4) is 0 Å². The van der Waals surface area contributed by atoms with Crippen molar-refractivity contribution in [2.24, 2.45) is 0 Å². The Labute approximate surface area is 213 Å². The van der Waals surface area contributed by atoms with E-state index in [1.54, 1.807) is 0 Å². The van der Waals surface area contributed by atoms with Gasteiger partial charge in [0.05, 0.1) is 44.9 Å². The Morgan fingerprint density at radius 3 is 2.80 bits per heavy atom. The normalized spacial score (nSPS) is 15.3. The van der Waals surface area contributed by atoms with Gasteiger partial charge in [-0.1, -0.05) is 41.4 Å². The maximum atomic E-state index is 12.6. The summed E-state index contributed by atoms with van der Waals surface area (Å²) in [7, 11) is 0. The molecule has 35 heavy (non-hydrogen) atoms. The summed E-state index contributed by atoms with van der Waals surface area (Å²) in [4.78, 5) is 32.0. The quantitative estimate of drug-likeness (QED) is 0.313.